The van der Waals surface area contributed by atoms with Gasteiger partial charge in [0.1, 0.15) is 5.82 Å². The summed E-state index contributed by atoms with van der Waals surface area (Å²) in [6.45, 7) is 0.741. The van der Waals surface area contributed by atoms with Crippen molar-refractivity contribution in [2.45, 2.75) is 18.9 Å². The van der Waals surface area contributed by atoms with E-state index in [1.54, 1.807) is 0 Å². The van der Waals surface area contributed by atoms with Crippen molar-refractivity contribution in [3.05, 3.63) is 12.1 Å². The van der Waals surface area contributed by atoms with Crippen molar-refractivity contribution in [2.24, 2.45) is 11.7 Å². The minimum Gasteiger partial charge on any atom is -0.367 e. The molecule has 1 fully saturated rings. The zero-order valence-electron chi connectivity index (χ0n) is 8.74. The Kier molecular flexibility index (Phi) is 2.17. The molecule has 1 saturated carbocycles. The molecule has 0 aliphatic heterocycles. The molecule has 1 aliphatic carbocycles. The normalized spacial score (nSPS) is 17.6. The average Bonchev–Trinajstić information content (AvgIpc) is 3.04. The molecule has 0 spiro atoms. The van der Waals surface area contributed by atoms with Gasteiger partial charge >= 0.3 is 0 Å². The lowest BCUT2D eigenvalue weighted by atomic mass is 10.2. The molecule has 2 aromatic heterocycles. The molecular weight excluding hydrogens is 206 g/mol. The third-order valence-corrected chi connectivity index (χ3v) is 2.82. The van der Waals surface area contributed by atoms with Gasteiger partial charge in [-0.3, -0.25) is 0 Å². The Hall–Kier alpha value is -1.76. The van der Waals surface area contributed by atoms with E-state index in [4.69, 9.17) is 5.73 Å². The first kappa shape index (κ1) is 9.46. The van der Waals surface area contributed by atoms with E-state index in [2.05, 4.69) is 25.9 Å². The van der Waals surface area contributed by atoms with Gasteiger partial charge in [-0.25, -0.2) is 0 Å². The molecule has 2 aromatic rings. The van der Waals surface area contributed by atoms with Crippen molar-refractivity contribution in [3.8, 4) is 0 Å². The van der Waals surface area contributed by atoms with Gasteiger partial charge in [0.15, 0.2) is 5.65 Å². The predicted octanol–water partition coefficient (Wildman–Crippen LogP) is -0.332. The van der Waals surface area contributed by atoms with Gasteiger partial charge in [0.05, 0.1) is 0 Å². The SMILES string of the molecule is NC(CNc1ccc2nnnn2n1)C1CC1. The van der Waals surface area contributed by atoms with Crippen LogP contribution in [0.5, 0.6) is 0 Å². The fourth-order valence-corrected chi connectivity index (χ4v) is 1.66. The molecule has 1 atom stereocenters. The molecular formula is C9H13N7. The molecule has 3 N–H and O–H groups in total. The van der Waals surface area contributed by atoms with E-state index in [1.807, 2.05) is 12.1 Å². The maximum absolute atomic E-state index is 5.98. The van der Waals surface area contributed by atoms with Gasteiger partial charge in [0.2, 0.25) is 0 Å². The second-order valence-electron chi connectivity index (χ2n) is 4.13. The van der Waals surface area contributed by atoms with Crippen LogP contribution in [0.4, 0.5) is 5.82 Å². The smallest absolute Gasteiger partial charge is 0.200 e. The van der Waals surface area contributed by atoms with Crippen LogP contribution < -0.4 is 11.1 Å². The van der Waals surface area contributed by atoms with Gasteiger partial charge in [-0.05, 0) is 41.3 Å². The summed E-state index contributed by atoms with van der Waals surface area (Å²) in [7, 11) is 0. The van der Waals surface area contributed by atoms with Gasteiger partial charge < -0.3 is 11.1 Å². The molecule has 7 heteroatoms. The summed E-state index contributed by atoms with van der Waals surface area (Å²) in [5.74, 6) is 1.43. The number of hydrogen-bond acceptors (Lipinski definition) is 6. The Morgan fingerprint density at radius 1 is 1.50 bits per heavy atom. The van der Waals surface area contributed by atoms with Crippen LogP contribution in [-0.2, 0) is 0 Å². The first-order chi connectivity index (χ1) is 7.83. The maximum atomic E-state index is 5.98. The number of nitrogens with one attached hydrogen (secondary N) is 1. The lowest BCUT2D eigenvalue weighted by Crippen LogP contribution is -2.31. The fourth-order valence-electron chi connectivity index (χ4n) is 1.66. The van der Waals surface area contributed by atoms with Crippen molar-refractivity contribution in [1.29, 1.82) is 0 Å². The third kappa shape index (κ3) is 1.81. The van der Waals surface area contributed by atoms with Crippen LogP contribution in [-0.4, -0.2) is 37.8 Å². The highest BCUT2D eigenvalue weighted by Gasteiger charge is 2.28. The number of fused-ring (bicyclic) bond motifs is 1. The van der Waals surface area contributed by atoms with Crippen LogP contribution in [0.15, 0.2) is 12.1 Å². The summed E-state index contributed by atoms with van der Waals surface area (Å²) < 4.78 is 1.39. The van der Waals surface area contributed by atoms with E-state index < -0.39 is 0 Å². The van der Waals surface area contributed by atoms with Crippen molar-refractivity contribution in [2.75, 3.05) is 11.9 Å². The molecule has 2 heterocycles. The quantitative estimate of drug-likeness (QED) is 0.731. The van der Waals surface area contributed by atoms with Crippen LogP contribution in [0.2, 0.25) is 0 Å². The van der Waals surface area contributed by atoms with E-state index in [0.717, 1.165) is 12.4 Å². The summed E-state index contributed by atoms with van der Waals surface area (Å²) in [5.41, 5.74) is 6.62. The van der Waals surface area contributed by atoms with Crippen LogP contribution >= 0.6 is 0 Å². The number of nitrogens with zero attached hydrogens (tertiary/aromatic N) is 5. The molecule has 16 heavy (non-hydrogen) atoms. The fraction of sp³-hybridized carbons (Fsp3) is 0.556. The Morgan fingerprint density at radius 3 is 3.19 bits per heavy atom. The Labute approximate surface area is 92.0 Å². The van der Waals surface area contributed by atoms with Crippen LogP contribution in [0.1, 0.15) is 12.8 Å². The van der Waals surface area contributed by atoms with Gasteiger partial charge in [-0.15, -0.1) is 14.8 Å². The van der Waals surface area contributed by atoms with Gasteiger partial charge in [0, 0.05) is 12.6 Å². The number of tetrazole rings is 1. The van der Waals surface area contributed by atoms with Crippen LogP contribution in [0, 0.1) is 5.92 Å². The Balaban J connectivity index is 1.68. The highest BCUT2D eigenvalue weighted by Crippen LogP contribution is 2.31. The molecule has 0 saturated heterocycles. The first-order valence-corrected chi connectivity index (χ1v) is 5.38. The van der Waals surface area contributed by atoms with Crippen molar-refractivity contribution < 1.29 is 0 Å². The highest BCUT2D eigenvalue weighted by molar-refractivity contribution is 5.42. The summed E-state index contributed by atoms with van der Waals surface area (Å²) >= 11 is 0. The number of anilines is 1. The van der Waals surface area contributed by atoms with Crippen LogP contribution in [0.3, 0.4) is 0 Å². The minimum atomic E-state index is 0.214. The van der Waals surface area contributed by atoms with Crippen molar-refractivity contribution in [1.82, 2.24) is 25.3 Å². The van der Waals surface area contributed by atoms with E-state index in [-0.39, 0.29) is 6.04 Å². The topological polar surface area (TPSA) is 94.0 Å². The number of nitrogens with two attached hydrogens (primary N) is 1. The average molecular weight is 219 g/mol. The van der Waals surface area contributed by atoms with Gasteiger partial charge in [0.25, 0.3) is 0 Å². The molecule has 0 amide bonds. The van der Waals surface area contributed by atoms with Crippen molar-refractivity contribution in [3.63, 3.8) is 0 Å². The molecule has 3 rings (SSSR count). The third-order valence-electron chi connectivity index (χ3n) is 2.82. The number of aromatic nitrogens is 5. The molecule has 1 aliphatic rings. The van der Waals surface area contributed by atoms with E-state index in [9.17, 15) is 0 Å². The second kappa shape index (κ2) is 3.67. The van der Waals surface area contributed by atoms with E-state index >= 15 is 0 Å². The molecule has 0 aromatic carbocycles. The predicted molar refractivity (Wildman–Crippen MR) is 57.8 cm³/mol. The minimum absolute atomic E-state index is 0.214. The zero-order valence-corrected chi connectivity index (χ0v) is 8.74. The second-order valence-corrected chi connectivity index (χ2v) is 4.13. The highest BCUT2D eigenvalue weighted by atomic mass is 15.6. The van der Waals surface area contributed by atoms with Crippen molar-refractivity contribution >= 4 is 11.5 Å². The molecule has 1 unspecified atom stereocenters. The Bertz CT molecular complexity index is 489. The summed E-state index contributed by atoms with van der Waals surface area (Å²) in [5, 5.41) is 18.4. The summed E-state index contributed by atoms with van der Waals surface area (Å²) in [6.07, 6.45) is 2.50. The van der Waals surface area contributed by atoms with Gasteiger partial charge in [-0.1, -0.05) is 0 Å². The summed E-state index contributed by atoms with van der Waals surface area (Å²) in [6, 6.07) is 3.88. The molecule has 7 nitrogen and oxygen atoms in total. The molecule has 0 bridgehead atoms. The monoisotopic (exact) mass is 219 g/mol. The van der Waals surface area contributed by atoms with E-state index in [1.165, 1.54) is 17.5 Å². The zero-order chi connectivity index (χ0) is 11.0. The summed E-state index contributed by atoms with van der Waals surface area (Å²) in [4.78, 5) is 0. The Morgan fingerprint density at radius 2 is 2.38 bits per heavy atom. The van der Waals surface area contributed by atoms with E-state index in [0.29, 0.717) is 11.6 Å². The largest absolute Gasteiger partial charge is 0.367 e. The molecule has 84 valence electrons. The maximum Gasteiger partial charge on any atom is 0.200 e. The standard InChI is InChI=1S/C9H13N7/c10-7(6-1-2-6)5-11-8-3-4-9-12-14-15-16(9)13-8/h3-4,6-7H,1-2,5,10H2,(H,11,13). The van der Waals surface area contributed by atoms with Crippen LogP contribution in [0.25, 0.3) is 5.65 Å². The number of hydrogen-bond donors (Lipinski definition) is 2. The van der Waals surface area contributed by atoms with Gasteiger partial charge in [-0.2, -0.15) is 0 Å². The lowest BCUT2D eigenvalue weighted by Gasteiger charge is -2.11. The number of rotatable bonds is 4. The lowest BCUT2D eigenvalue weighted by molar-refractivity contribution is 0.618. The first-order valence-electron chi connectivity index (χ1n) is 5.38. The molecule has 0 radical (unpaired) electrons.